The molecule has 0 rings (SSSR count). The Bertz CT molecular complexity index is 1940. The fourth-order valence-electron chi connectivity index (χ4n) is 12.7. The molecule has 2 unspecified atom stereocenters. The number of carbonyl (C=O) groups excluding carboxylic acids is 4. The van der Waals surface area contributed by atoms with Crippen molar-refractivity contribution >= 4 is 39.5 Å². The molecule has 3 N–H and O–H groups in total. The number of ether oxygens (including phenoxy) is 4. The molecule has 19 heteroatoms. The molecule has 0 aromatic rings. The fraction of sp³-hybridized carbons (Fsp3) is 0.951. The monoisotopic (exact) mass is 1480 g/mol. The van der Waals surface area contributed by atoms with E-state index < -0.39 is 97.5 Å². The molecule has 0 saturated carbocycles. The minimum Gasteiger partial charge on any atom is -0.462 e. The van der Waals surface area contributed by atoms with E-state index >= 15 is 0 Å². The Balaban J connectivity index is 5.20. The van der Waals surface area contributed by atoms with Gasteiger partial charge < -0.3 is 33.8 Å². The first-order valence-electron chi connectivity index (χ1n) is 42.5. The summed E-state index contributed by atoms with van der Waals surface area (Å²) < 4.78 is 68.7. The lowest BCUT2D eigenvalue weighted by atomic mass is 10.0. The van der Waals surface area contributed by atoms with Crippen molar-refractivity contribution in [1.29, 1.82) is 0 Å². The van der Waals surface area contributed by atoms with E-state index in [0.29, 0.717) is 25.7 Å². The van der Waals surface area contributed by atoms with Crippen LogP contribution in [0, 0.1) is 11.8 Å². The summed E-state index contributed by atoms with van der Waals surface area (Å²) in [6.07, 6.45) is 64.0. The van der Waals surface area contributed by atoms with E-state index in [4.69, 9.17) is 37.0 Å². The van der Waals surface area contributed by atoms with Crippen LogP contribution in [0.25, 0.3) is 0 Å². The lowest BCUT2D eigenvalue weighted by Gasteiger charge is -2.21. The van der Waals surface area contributed by atoms with Crippen molar-refractivity contribution in [1.82, 2.24) is 0 Å². The summed E-state index contributed by atoms with van der Waals surface area (Å²) in [4.78, 5) is 73.0. The molecule has 0 bridgehead atoms. The molecule has 0 heterocycles. The van der Waals surface area contributed by atoms with E-state index in [1.165, 1.54) is 250 Å². The number of aliphatic hydroxyl groups is 1. The van der Waals surface area contributed by atoms with Crippen molar-refractivity contribution in [2.75, 3.05) is 39.6 Å². The first-order valence-corrected chi connectivity index (χ1v) is 45.5. The van der Waals surface area contributed by atoms with Crippen molar-refractivity contribution in [2.24, 2.45) is 11.8 Å². The van der Waals surface area contributed by atoms with Gasteiger partial charge in [-0.2, -0.15) is 0 Å². The largest absolute Gasteiger partial charge is 0.472 e. The average molecular weight is 1480 g/mol. The molecule has 0 amide bonds. The summed E-state index contributed by atoms with van der Waals surface area (Å²) in [5.74, 6) is -0.574. The number of aliphatic hydroxyl groups excluding tert-OH is 1. The van der Waals surface area contributed by atoms with Gasteiger partial charge in [-0.15, -0.1) is 0 Å². The molecular weight excluding hydrogens is 1320 g/mol. The minimum absolute atomic E-state index is 0.106. The van der Waals surface area contributed by atoms with Crippen LogP contribution in [0.3, 0.4) is 0 Å². The predicted octanol–water partition coefficient (Wildman–Crippen LogP) is 24.7. The van der Waals surface area contributed by atoms with Crippen LogP contribution < -0.4 is 0 Å². The zero-order chi connectivity index (χ0) is 74.2. The van der Waals surface area contributed by atoms with Gasteiger partial charge in [0.15, 0.2) is 12.2 Å². The van der Waals surface area contributed by atoms with Crippen LogP contribution in [0.15, 0.2) is 0 Å². The van der Waals surface area contributed by atoms with Gasteiger partial charge in [-0.1, -0.05) is 382 Å². The second-order valence-electron chi connectivity index (χ2n) is 30.5. The second-order valence-corrected chi connectivity index (χ2v) is 33.4. The van der Waals surface area contributed by atoms with E-state index in [2.05, 4.69) is 41.5 Å². The summed E-state index contributed by atoms with van der Waals surface area (Å²) in [5, 5.41) is 10.6. The number of unbranched alkanes of at least 4 members (excludes halogenated alkanes) is 51. The Morgan fingerprint density at radius 1 is 0.267 bits per heavy atom. The van der Waals surface area contributed by atoms with E-state index in [1.807, 2.05) is 0 Å². The molecule has 600 valence electrons. The third-order valence-electron chi connectivity index (χ3n) is 19.2. The van der Waals surface area contributed by atoms with Gasteiger partial charge in [0.25, 0.3) is 0 Å². The molecule has 0 aromatic heterocycles. The topological polar surface area (TPSA) is 237 Å². The lowest BCUT2D eigenvalue weighted by Crippen LogP contribution is -2.30. The van der Waals surface area contributed by atoms with Crippen molar-refractivity contribution in [2.45, 2.75) is 452 Å². The predicted molar refractivity (Wildman–Crippen MR) is 414 cm³/mol. The van der Waals surface area contributed by atoms with Crippen LogP contribution in [-0.2, 0) is 65.4 Å². The van der Waals surface area contributed by atoms with Crippen molar-refractivity contribution in [3.05, 3.63) is 0 Å². The van der Waals surface area contributed by atoms with Crippen LogP contribution in [0.2, 0.25) is 0 Å². The smallest absolute Gasteiger partial charge is 0.462 e. The highest BCUT2D eigenvalue weighted by Gasteiger charge is 2.30. The van der Waals surface area contributed by atoms with E-state index in [9.17, 15) is 43.2 Å². The number of hydrogen-bond acceptors (Lipinski definition) is 15. The maximum atomic E-state index is 13.1. The molecule has 0 aliphatic heterocycles. The fourth-order valence-corrected chi connectivity index (χ4v) is 14.3. The van der Waals surface area contributed by atoms with Crippen LogP contribution in [-0.4, -0.2) is 96.7 Å². The second kappa shape index (κ2) is 73.6. The van der Waals surface area contributed by atoms with Gasteiger partial charge in [0, 0.05) is 25.7 Å². The van der Waals surface area contributed by atoms with Gasteiger partial charge in [0.1, 0.15) is 19.3 Å². The van der Waals surface area contributed by atoms with Crippen LogP contribution in [0.5, 0.6) is 0 Å². The maximum absolute atomic E-state index is 13.1. The molecule has 0 saturated heterocycles. The molecule has 0 spiro atoms. The van der Waals surface area contributed by atoms with E-state index in [0.717, 1.165) is 102 Å². The van der Waals surface area contributed by atoms with Crippen LogP contribution >= 0.6 is 15.6 Å². The Labute approximate surface area is 619 Å². The third kappa shape index (κ3) is 76.1. The van der Waals surface area contributed by atoms with Crippen LogP contribution in [0.4, 0.5) is 0 Å². The first kappa shape index (κ1) is 99.1. The molecule has 5 atom stereocenters. The minimum atomic E-state index is -4.96. The van der Waals surface area contributed by atoms with Crippen molar-refractivity contribution in [3.63, 3.8) is 0 Å². The Morgan fingerprint density at radius 2 is 0.455 bits per heavy atom. The maximum Gasteiger partial charge on any atom is 0.472 e. The summed E-state index contributed by atoms with van der Waals surface area (Å²) in [5.41, 5.74) is 0. The number of carbonyl (C=O) groups is 4. The highest BCUT2D eigenvalue weighted by molar-refractivity contribution is 7.47. The molecule has 0 aliphatic rings. The molecule has 0 radical (unpaired) electrons. The first-order chi connectivity index (χ1) is 48.9. The van der Waals surface area contributed by atoms with Gasteiger partial charge >= 0.3 is 39.5 Å². The van der Waals surface area contributed by atoms with E-state index in [1.54, 1.807) is 0 Å². The highest BCUT2D eigenvalue weighted by atomic mass is 31.2. The number of rotatable bonds is 81. The zero-order valence-corrected chi connectivity index (χ0v) is 68.0. The summed E-state index contributed by atoms with van der Waals surface area (Å²) in [6, 6.07) is 0. The normalized spacial score (nSPS) is 13.9. The summed E-state index contributed by atoms with van der Waals surface area (Å²) in [6.45, 7) is 9.62. The Kier molecular flexibility index (Phi) is 72.2. The van der Waals surface area contributed by atoms with Gasteiger partial charge in [0.05, 0.1) is 26.4 Å². The Hall–Kier alpha value is -1.94. The summed E-state index contributed by atoms with van der Waals surface area (Å²) >= 11 is 0. The van der Waals surface area contributed by atoms with Gasteiger partial charge in [-0.05, 0) is 37.5 Å². The van der Waals surface area contributed by atoms with Crippen molar-refractivity contribution in [3.8, 4) is 0 Å². The third-order valence-corrected chi connectivity index (χ3v) is 21.1. The number of phosphoric ester groups is 2. The van der Waals surface area contributed by atoms with Gasteiger partial charge in [-0.3, -0.25) is 37.3 Å². The quantitative estimate of drug-likeness (QED) is 0.0222. The molecule has 0 aliphatic carbocycles. The molecule has 17 nitrogen and oxygen atoms in total. The highest BCUT2D eigenvalue weighted by Crippen LogP contribution is 2.45. The SMILES string of the molecule is CCCCCCCCCCCCCCCCCCCCCCCCC(=O)O[C@H](COC(=O)CCCCCCCCCCCCCCCCC(C)C)COP(=O)(O)OC[C@@H](O)COP(=O)(O)OC[C@@H](COC(=O)CCCCCCCCCCCC)OC(=O)CCCCCCCCCCCC(C)C. The zero-order valence-electron chi connectivity index (χ0n) is 66.2. The standard InChI is InChI=1S/C82H160O17P2/c1-7-9-11-13-15-17-19-20-21-22-23-24-25-26-27-28-33-36-42-48-54-60-66-81(86)98-77(71-93-80(85)65-59-53-47-41-35-32-30-29-31-34-38-44-50-56-62-74(3)4)72-96-100(88,89)94-68-76(83)69-95-101(90,91)97-73-78(70-92-79(84)64-58-52-46-40-18-16-14-12-10-8-2)99-82(87)67-61-55-49-43-37-39-45-51-57-63-75(5)6/h74-78,83H,7-73H2,1-6H3,(H,88,89)(H,90,91)/t76-,77-,78-/m1/s1. The average Bonchev–Trinajstić information content (AvgIpc) is 1.15. The van der Waals surface area contributed by atoms with Gasteiger partial charge in [0.2, 0.25) is 0 Å². The Morgan fingerprint density at radius 3 is 0.673 bits per heavy atom. The molecule has 101 heavy (non-hydrogen) atoms. The van der Waals surface area contributed by atoms with Gasteiger partial charge in [-0.25, -0.2) is 9.13 Å². The van der Waals surface area contributed by atoms with Crippen LogP contribution in [0.1, 0.15) is 433 Å². The molecular formula is C82H160O17P2. The molecule has 0 fully saturated rings. The van der Waals surface area contributed by atoms with E-state index in [-0.39, 0.29) is 25.7 Å². The number of esters is 4. The lowest BCUT2D eigenvalue weighted by molar-refractivity contribution is -0.161. The molecule has 0 aromatic carbocycles. The number of phosphoric acid groups is 2. The van der Waals surface area contributed by atoms with Crippen molar-refractivity contribution < 1.29 is 80.2 Å². The summed E-state index contributed by atoms with van der Waals surface area (Å²) in [7, 11) is -9.92. The number of hydrogen-bond donors (Lipinski definition) is 3.